The Morgan fingerprint density at radius 3 is 2.68 bits per heavy atom. The van der Waals surface area contributed by atoms with Crippen molar-refractivity contribution in [3.63, 3.8) is 0 Å². The summed E-state index contributed by atoms with van der Waals surface area (Å²) in [4.78, 5) is 25.4. The van der Waals surface area contributed by atoms with Gasteiger partial charge in [0.05, 0.1) is 12.7 Å². The standard InChI is InChI=1S/C20H26N2O3/c1-21(2)19(23)9-6-12-22-17-8-5-4-7-15(17)16-13-14(20(24)25-3)10-11-18(16)22/h10-11,13H,4-9,12H2,1-3H3. The molecule has 3 rings (SSSR count). The number of rotatable bonds is 5. The number of esters is 1. The van der Waals surface area contributed by atoms with Crippen molar-refractivity contribution in [2.45, 2.75) is 45.1 Å². The summed E-state index contributed by atoms with van der Waals surface area (Å²) < 4.78 is 7.22. The van der Waals surface area contributed by atoms with Crippen molar-refractivity contribution in [3.05, 3.63) is 35.0 Å². The van der Waals surface area contributed by atoms with Crippen LogP contribution >= 0.6 is 0 Å². The zero-order chi connectivity index (χ0) is 18.0. The van der Waals surface area contributed by atoms with Crippen molar-refractivity contribution in [3.8, 4) is 0 Å². The van der Waals surface area contributed by atoms with E-state index >= 15 is 0 Å². The first kappa shape index (κ1) is 17.5. The molecule has 0 saturated carbocycles. The molecule has 0 spiro atoms. The van der Waals surface area contributed by atoms with Crippen molar-refractivity contribution in [2.75, 3.05) is 21.2 Å². The number of ether oxygens (including phenoxy) is 1. The maximum absolute atomic E-state index is 11.9. The Hall–Kier alpha value is -2.30. The quantitative estimate of drug-likeness (QED) is 0.784. The van der Waals surface area contributed by atoms with Gasteiger partial charge in [-0.1, -0.05) is 0 Å². The predicted octanol–water partition coefficient (Wildman–Crippen LogP) is 3.18. The Morgan fingerprint density at radius 2 is 1.96 bits per heavy atom. The number of fused-ring (bicyclic) bond motifs is 3. The van der Waals surface area contributed by atoms with E-state index in [9.17, 15) is 9.59 Å². The van der Waals surface area contributed by atoms with E-state index in [0.717, 1.165) is 36.7 Å². The minimum Gasteiger partial charge on any atom is -0.465 e. The van der Waals surface area contributed by atoms with Gasteiger partial charge in [0.1, 0.15) is 0 Å². The number of methoxy groups -OCH3 is 1. The lowest BCUT2D eigenvalue weighted by molar-refractivity contribution is -0.128. The average molecular weight is 342 g/mol. The van der Waals surface area contributed by atoms with Crippen molar-refractivity contribution >= 4 is 22.8 Å². The van der Waals surface area contributed by atoms with Gasteiger partial charge in [-0.05, 0) is 55.9 Å². The molecule has 1 aromatic carbocycles. The second-order valence-electron chi connectivity index (χ2n) is 6.90. The number of nitrogens with zero attached hydrogens (tertiary/aromatic N) is 2. The molecule has 0 bridgehead atoms. The Labute approximate surface area is 148 Å². The SMILES string of the molecule is COC(=O)c1ccc2c(c1)c1c(n2CCCC(=O)N(C)C)CCCC1. The number of aromatic nitrogens is 1. The molecule has 1 aromatic heterocycles. The predicted molar refractivity (Wildman–Crippen MR) is 97.8 cm³/mol. The average Bonchev–Trinajstić information content (AvgIpc) is 2.94. The molecule has 0 radical (unpaired) electrons. The number of carbonyl (C=O) groups excluding carboxylic acids is 2. The topological polar surface area (TPSA) is 51.5 Å². The minimum absolute atomic E-state index is 0.165. The Kier molecular flexibility index (Phi) is 5.11. The largest absolute Gasteiger partial charge is 0.465 e. The first-order valence-electron chi connectivity index (χ1n) is 8.95. The van der Waals surface area contributed by atoms with E-state index < -0.39 is 0 Å². The van der Waals surface area contributed by atoms with Gasteiger partial charge in [0.2, 0.25) is 5.91 Å². The normalized spacial score (nSPS) is 13.6. The van der Waals surface area contributed by atoms with Crippen LogP contribution in [-0.2, 0) is 28.9 Å². The molecule has 5 heteroatoms. The highest BCUT2D eigenvalue weighted by Crippen LogP contribution is 2.33. The summed E-state index contributed by atoms with van der Waals surface area (Å²) in [6.45, 7) is 0.836. The lowest BCUT2D eigenvalue weighted by Gasteiger charge is -2.16. The van der Waals surface area contributed by atoms with Gasteiger partial charge in [0, 0.05) is 43.7 Å². The summed E-state index contributed by atoms with van der Waals surface area (Å²) in [6, 6.07) is 5.82. The Balaban J connectivity index is 1.94. The molecule has 0 N–H and O–H groups in total. The molecular formula is C20H26N2O3. The van der Waals surface area contributed by atoms with Crippen LogP contribution in [0.5, 0.6) is 0 Å². The van der Waals surface area contributed by atoms with Gasteiger partial charge < -0.3 is 14.2 Å². The van der Waals surface area contributed by atoms with E-state index in [1.165, 1.54) is 31.2 Å². The lowest BCUT2D eigenvalue weighted by Crippen LogP contribution is -2.21. The molecule has 0 atom stereocenters. The van der Waals surface area contributed by atoms with Gasteiger partial charge in [-0.3, -0.25) is 4.79 Å². The van der Waals surface area contributed by atoms with Crippen LogP contribution in [0.1, 0.15) is 47.3 Å². The van der Waals surface area contributed by atoms with Crippen molar-refractivity contribution < 1.29 is 14.3 Å². The van der Waals surface area contributed by atoms with Crippen LogP contribution in [0.2, 0.25) is 0 Å². The molecule has 0 unspecified atom stereocenters. The second-order valence-corrected chi connectivity index (χ2v) is 6.90. The van der Waals surface area contributed by atoms with Crippen LogP contribution < -0.4 is 0 Å². The van der Waals surface area contributed by atoms with Gasteiger partial charge >= 0.3 is 5.97 Å². The molecule has 1 aliphatic carbocycles. The fourth-order valence-corrected chi connectivity index (χ4v) is 3.75. The summed E-state index contributed by atoms with van der Waals surface area (Å²) in [5.74, 6) is -0.130. The zero-order valence-corrected chi connectivity index (χ0v) is 15.3. The summed E-state index contributed by atoms with van der Waals surface area (Å²) in [7, 11) is 5.00. The van der Waals surface area contributed by atoms with Crippen LogP contribution in [0.3, 0.4) is 0 Å². The van der Waals surface area contributed by atoms with E-state index in [-0.39, 0.29) is 11.9 Å². The van der Waals surface area contributed by atoms with Gasteiger partial charge in [-0.25, -0.2) is 4.79 Å². The molecule has 25 heavy (non-hydrogen) atoms. The summed E-state index contributed by atoms with van der Waals surface area (Å²) >= 11 is 0. The fraction of sp³-hybridized carbons (Fsp3) is 0.500. The molecule has 1 amide bonds. The molecule has 134 valence electrons. The van der Waals surface area contributed by atoms with Gasteiger partial charge in [-0.15, -0.1) is 0 Å². The Morgan fingerprint density at radius 1 is 1.20 bits per heavy atom. The third-order valence-electron chi connectivity index (χ3n) is 5.07. The molecule has 0 aliphatic heterocycles. The van der Waals surface area contributed by atoms with E-state index in [2.05, 4.69) is 4.57 Å². The number of aryl methyl sites for hydroxylation is 2. The number of amides is 1. The lowest BCUT2D eigenvalue weighted by atomic mass is 9.95. The smallest absolute Gasteiger partial charge is 0.337 e. The molecule has 0 fully saturated rings. The number of benzene rings is 1. The van der Waals surface area contributed by atoms with Gasteiger partial charge in [0.15, 0.2) is 0 Å². The second kappa shape index (κ2) is 7.30. The third-order valence-corrected chi connectivity index (χ3v) is 5.07. The third kappa shape index (κ3) is 3.41. The number of carbonyl (C=O) groups is 2. The minimum atomic E-state index is -0.296. The summed E-state index contributed by atoms with van der Waals surface area (Å²) in [5.41, 5.74) is 4.51. The number of hydrogen-bond donors (Lipinski definition) is 0. The van der Waals surface area contributed by atoms with Crippen molar-refractivity contribution in [1.29, 1.82) is 0 Å². The Bertz CT molecular complexity index is 805. The molecule has 5 nitrogen and oxygen atoms in total. The maximum Gasteiger partial charge on any atom is 0.337 e. The van der Waals surface area contributed by atoms with E-state index in [1.54, 1.807) is 19.0 Å². The highest BCUT2D eigenvalue weighted by atomic mass is 16.5. The monoisotopic (exact) mass is 342 g/mol. The maximum atomic E-state index is 11.9. The highest BCUT2D eigenvalue weighted by Gasteiger charge is 2.21. The van der Waals surface area contributed by atoms with Gasteiger partial charge in [-0.2, -0.15) is 0 Å². The first-order valence-corrected chi connectivity index (χ1v) is 8.95. The van der Waals surface area contributed by atoms with Crippen molar-refractivity contribution in [2.24, 2.45) is 0 Å². The summed E-state index contributed by atoms with van der Waals surface area (Å²) in [6.07, 6.45) is 5.89. The van der Waals surface area contributed by atoms with Crippen LogP contribution in [0.4, 0.5) is 0 Å². The fourth-order valence-electron chi connectivity index (χ4n) is 3.75. The van der Waals surface area contributed by atoms with Crippen LogP contribution in [-0.4, -0.2) is 42.5 Å². The molecule has 1 aliphatic rings. The highest BCUT2D eigenvalue weighted by molar-refractivity contribution is 5.96. The van der Waals surface area contributed by atoms with E-state index in [1.807, 2.05) is 18.2 Å². The molecule has 0 saturated heterocycles. The molecule has 1 heterocycles. The van der Waals surface area contributed by atoms with Crippen molar-refractivity contribution in [1.82, 2.24) is 9.47 Å². The van der Waals surface area contributed by atoms with Crippen LogP contribution in [0.15, 0.2) is 18.2 Å². The van der Waals surface area contributed by atoms with E-state index in [0.29, 0.717) is 12.0 Å². The molecule has 2 aromatic rings. The van der Waals surface area contributed by atoms with Crippen LogP contribution in [0, 0.1) is 0 Å². The molecular weight excluding hydrogens is 316 g/mol. The zero-order valence-electron chi connectivity index (χ0n) is 15.3. The summed E-state index contributed by atoms with van der Waals surface area (Å²) in [5, 5.41) is 1.16. The van der Waals surface area contributed by atoms with Crippen LogP contribution in [0.25, 0.3) is 10.9 Å². The van der Waals surface area contributed by atoms with Gasteiger partial charge in [0.25, 0.3) is 0 Å². The van der Waals surface area contributed by atoms with E-state index in [4.69, 9.17) is 4.74 Å². The first-order chi connectivity index (χ1) is 12.0. The number of hydrogen-bond acceptors (Lipinski definition) is 3.